The Hall–Kier alpha value is -3.01. The molecule has 4 rings (SSSR count). The maximum absolute atomic E-state index is 13.2. The minimum absolute atomic E-state index is 0.00509. The third-order valence-corrected chi connectivity index (χ3v) is 7.61. The second kappa shape index (κ2) is 8.26. The number of thiazole rings is 1. The predicted octanol–water partition coefficient (Wildman–Crippen LogP) is 5.17. The van der Waals surface area contributed by atoms with E-state index in [0.717, 1.165) is 14.5 Å². The monoisotopic (exact) mass is 475 g/mol. The Morgan fingerprint density at radius 3 is 2.52 bits per heavy atom. The van der Waals surface area contributed by atoms with E-state index in [-0.39, 0.29) is 21.2 Å². The van der Waals surface area contributed by atoms with Gasteiger partial charge in [-0.3, -0.25) is 14.4 Å². The fourth-order valence-electron chi connectivity index (χ4n) is 2.88. The molecule has 158 valence electrons. The van der Waals surface area contributed by atoms with Crippen LogP contribution in [0.25, 0.3) is 10.2 Å². The van der Waals surface area contributed by atoms with E-state index < -0.39 is 21.7 Å². The summed E-state index contributed by atoms with van der Waals surface area (Å²) in [6, 6.07) is 16.3. The van der Waals surface area contributed by atoms with Crippen molar-refractivity contribution < 1.29 is 17.6 Å². The highest BCUT2D eigenvalue weighted by Crippen LogP contribution is 2.29. The Morgan fingerprint density at radius 2 is 1.81 bits per heavy atom. The van der Waals surface area contributed by atoms with E-state index >= 15 is 0 Å². The van der Waals surface area contributed by atoms with Crippen LogP contribution in [0, 0.1) is 5.82 Å². The normalized spacial score (nSPS) is 11.5. The first-order chi connectivity index (χ1) is 14.8. The van der Waals surface area contributed by atoms with E-state index in [2.05, 4.69) is 10.3 Å². The zero-order chi connectivity index (χ0) is 22.2. The van der Waals surface area contributed by atoms with Gasteiger partial charge < -0.3 is 0 Å². The highest BCUT2D eigenvalue weighted by Gasteiger charge is 2.24. The molecule has 0 atom stereocenters. The molecule has 1 N–H and O–H groups in total. The molecule has 1 aromatic heterocycles. The van der Waals surface area contributed by atoms with Gasteiger partial charge in [-0.15, -0.1) is 0 Å². The molecule has 31 heavy (non-hydrogen) atoms. The van der Waals surface area contributed by atoms with Crippen molar-refractivity contribution in [2.45, 2.75) is 4.90 Å². The van der Waals surface area contributed by atoms with Gasteiger partial charge in [0.2, 0.25) is 0 Å². The van der Waals surface area contributed by atoms with Gasteiger partial charge in [0.1, 0.15) is 5.82 Å². The lowest BCUT2D eigenvalue weighted by atomic mass is 10.2. The molecule has 6 nitrogen and oxygen atoms in total. The van der Waals surface area contributed by atoms with Crippen molar-refractivity contribution in [1.82, 2.24) is 4.98 Å². The third-order valence-electron chi connectivity index (χ3n) is 4.55. The number of para-hydroxylation sites is 1. The average molecular weight is 476 g/mol. The zero-order valence-corrected chi connectivity index (χ0v) is 18.4. The van der Waals surface area contributed by atoms with Gasteiger partial charge in [-0.05, 0) is 54.6 Å². The van der Waals surface area contributed by atoms with E-state index in [1.165, 1.54) is 60.8 Å². The van der Waals surface area contributed by atoms with Crippen LogP contribution in [0.2, 0.25) is 5.02 Å². The number of halogens is 2. The first kappa shape index (κ1) is 21.2. The fourth-order valence-corrected chi connectivity index (χ4v) is 5.16. The van der Waals surface area contributed by atoms with E-state index in [4.69, 9.17) is 11.6 Å². The summed E-state index contributed by atoms with van der Waals surface area (Å²) in [6.07, 6.45) is 0. The largest absolute Gasteiger partial charge is 0.298 e. The van der Waals surface area contributed by atoms with Crippen LogP contribution < -0.4 is 9.62 Å². The van der Waals surface area contributed by atoms with Crippen LogP contribution >= 0.6 is 22.9 Å². The molecule has 3 aromatic carbocycles. The summed E-state index contributed by atoms with van der Waals surface area (Å²) in [6.45, 7) is 0. The molecular weight excluding hydrogens is 461 g/mol. The van der Waals surface area contributed by atoms with Gasteiger partial charge in [0, 0.05) is 7.05 Å². The van der Waals surface area contributed by atoms with E-state index in [9.17, 15) is 17.6 Å². The highest BCUT2D eigenvalue weighted by atomic mass is 35.5. The average Bonchev–Trinajstić information content (AvgIpc) is 3.16. The molecule has 0 aliphatic carbocycles. The number of hydrogen-bond acceptors (Lipinski definition) is 5. The van der Waals surface area contributed by atoms with Gasteiger partial charge >= 0.3 is 0 Å². The number of nitrogens with zero attached hydrogens (tertiary/aromatic N) is 2. The molecule has 1 amide bonds. The quantitative estimate of drug-likeness (QED) is 0.432. The summed E-state index contributed by atoms with van der Waals surface area (Å²) in [5.74, 6) is -1.06. The van der Waals surface area contributed by atoms with Crippen molar-refractivity contribution in [2.75, 3.05) is 16.7 Å². The van der Waals surface area contributed by atoms with Crippen LogP contribution in [0.3, 0.4) is 0 Å². The topological polar surface area (TPSA) is 79.4 Å². The van der Waals surface area contributed by atoms with Crippen molar-refractivity contribution in [1.29, 1.82) is 0 Å². The smallest absolute Gasteiger partial charge is 0.264 e. The van der Waals surface area contributed by atoms with Crippen LogP contribution in [-0.2, 0) is 10.0 Å². The lowest BCUT2D eigenvalue weighted by Gasteiger charge is -2.20. The molecular formula is C21H15ClFN3O3S2. The molecule has 0 aliphatic rings. The second-order valence-electron chi connectivity index (χ2n) is 6.53. The number of hydrogen-bond donors (Lipinski definition) is 1. The van der Waals surface area contributed by atoms with Gasteiger partial charge in [0.25, 0.3) is 15.9 Å². The Balaban J connectivity index is 1.64. The summed E-state index contributed by atoms with van der Waals surface area (Å²) in [7, 11) is -2.67. The number of anilines is 2. The van der Waals surface area contributed by atoms with Crippen LogP contribution in [0.15, 0.2) is 71.6 Å². The number of fused-ring (bicyclic) bond motifs is 1. The highest BCUT2D eigenvalue weighted by molar-refractivity contribution is 7.92. The molecule has 0 spiro atoms. The van der Waals surface area contributed by atoms with Crippen molar-refractivity contribution in [3.63, 3.8) is 0 Å². The SMILES string of the molecule is CN(c1ccc(F)cc1)S(=O)(=O)c1ccc(Cl)c(C(=O)Nc2nc3ccccc3s2)c1. The number of nitrogens with one attached hydrogen (secondary N) is 1. The molecule has 10 heteroatoms. The minimum atomic E-state index is -4.01. The number of benzene rings is 3. The molecule has 4 aromatic rings. The summed E-state index contributed by atoms with van der Waals surface area (Å²) in [5, 5.41) is 3.14. The third kappa shape index (κ3) is 4.25. The Morgan fingerprint density at radius 1 is 1.10 bits per heavy atom. The summed E-state index contributed by atoms with van der Waals surface area (Å²) in [5.41, 5.74) is 1.01. The molecule has 1 heterocycles. The lowest BCUT2D eigenvalue weighted by molar-refractivity contribution is 0.102. The van der Waals surface area contributed by atoms with Gasteiger partial charge in [-0.1, -0.05) is 35.1 Å². The van der Waals surface area contributed by atoms with Crippen LogP contribution in [0.5, 0.6) is 0 Å². The molecule has 0 saturated carbocycles. The maximum Gasteiger partial charge on any atom is 0.264 e. The second-order valence-corrected chi connectivity index (χ2v) is 9.94. The molecule has 0 fully saturated rings. The predicted molar refractivity (Wildman–Crippen MR) is 121 cm³/mol. The maximum atomic E-state index is 13.2. The van der Waals surface area contributed by atoms with E-state index in [1.807, 2.05) is 24.3 Å². The van der Waals surface area contributed by atoms with Crippen molar-refractivity contribution in [2.24, 2.45) is 0 Å². The van der Waals surface area contributed by atoms with Gasteiger partial charge in [-0.25, -0.2) is 17.8 Å². The molecule has 0 saturated heterocycles. The standard InChI is InChI=1S/C21H15ClFN3O3S2/c1-26(14-8-6-13(23)7-9-14)31(28,29)15-10-11-17(22)16(12-15)20(27)25-21-24-18-4-2-3-5-19(18)30-21/h2-12H,1H3,(H,24,25,27). The summed E-state index contributed by atoms with van der Waals surface area (Å²) < 4.78 is 41.1. The Labute approximate surface area is 187 Å². The fraction of sp³-hybridized carbons (Fsp3) is 0.0476. The number of carbonyl (C=O) groups excluding carboxylic acids is 1. The van der Waals surface area contributed by atoms with Crippen LogP contribution in [0.1, 0.15) is 10.4 Å². The first-order valence-corrected chi connectivity index (χ1v) is 11.6. The molecule has 0 aliphatic heterocycles. The van der Waals surface area contributed by atoms with Gasteiger partial charge in [0.05, 0.1) is 31.4 Å². The summed E-state index contributed by atoms with van der Waals surface area (Å²) in [4.78, 5) is 17.0. The molecule has 0 bridgehead atoms. The summed E-state index contributed by atoms with van der Waals surface area (Å²) >= 11 is 7.47. The van der Waals surface area contributed by atoms with Crippen LogP contribution in [0.4, 0.5) is 15.2 Å². The Bertz CT molecular complexity index is 1360. The number of carbonyl (C=O) groups is 1. The van der Waals surface area contributed by atoms with Gasteiger partial charge in [0.15, 0.2) is 5.13 Å². The zero-order valence-electron chi connectivity index (χ0n) is 16.0. The number of aromatic nitrogens is 1. The van der Waals surface area contributed by atoms with Crippen molar-refractivity contribution >= 4 is 59.9 Å². The number of amides is 1. The first-order valence-electron chi connectivity index (χ1n) is 8.97. The van der Waals surface area contributed by atoms with Gasteiger partial charge in [-0.2, -0.15) is 0 Å². The Kier molecular flexibility index (Phi) is 5.65. The number of rotatable bonds is 5. The van der Waals surface area contributed by atoms with Crippen molar-refractivity contribution in [3.8, 4) is 0 Å². The number of sulfonamides is 1. The lowest BCUT2D eigenvalue weighted by Crippen LogP contribution is -2.27. The van der Waals surface area contributed by atoms with E-state index in [1.54, 1.807) is 0 Å². The minimum Gasteiger partial charge on any atom is -0.298 e. The van der Waals surface area contributed by atoms with E-state index in [0.29, 0.717) is 5.13 Å². The van der Waals surface area contributed by atoms with Crippen molar-refractivity contribution in [3.05, 3.63) is 83.1 Å². The molecule has 0 radical (unpaired) electrons. The van der Waals surface area contributed by atoms with Crippen LogP contribution in [-0.4, -0.2) is 26.4 Å². The molecule has 0 unspecified atom stereocenters.